The van der Waals surface area contributed by atoms with Crippen molar-refractivity contribution in [3.05, 3.63) is 126 Å². The zero-order chi connectivity index (χ0) is 27.2. The molecule has 0 aliphatic rings. The zero-order valence-electron chi connectivity index (χ0n) is 20.8. The van der Waals surface area contributed by atoms with Gasteiger partial charge in [0.15, 0.2) is 16.6 Å². The molecular formula is C29H24FN5O2S2. The van der Waals surface area contributed by atoms with Crippen molar-refractivity contribution >= 4 is 40.0 Å². The van der Waals surface area contributed by atoms with Gasteiger partial charge in [0.2, 0.25) is 0 Å². The van der Waals surface area contributed by atoms with Crippen LogP contribution in [0.5, 0.6) is 0 Å². The summed E-state index contributed by atoms with van der Waals surface area (Å²) in [5, 5.41) is 18.1. The van der Waals surface area contributed by atoms with Gasteiger partial charge in [-0.2, -0.15) is 0 Å². The molecular weight excluding hydrogens is 533 g/mol. The van der Waals surface area contributed by atoms with E-state index < -0.39 is 17.3 Å². The first kappa shape index (κ1) is 26.5. The summed E-state index contributed by atoms with van der Waals surface area (Å²) in [6, 6.07) is 23.4. The molecule has 7 nitrogen and oxygen atoms in total. The van der Waals surface area contributed by atoms with Crippen LogP contribution in [0, 0.1) is 12.7 Å². The summed E-state index contributed by atoms with van der Waals surface area (Å²) in [5.41, 5.74) is 0.401. The minimum Gasteiger partial charge on any atom is -0.379 e. The number of carbonyl (C=O) groups is 1. The molecule has 2 aromatic carbocycles. The summed E-state index contributed by atoms with van der Waals surface area (Å²) in [6.07, 6.45) is 4.73. The lowest BCUT2D eigenvalue weighted by molar-refractivity contribution is 0.0690. The summed E-state index contributed by atoms with van der Waals surface area (Å²) in [5.74, 6) is -0.801. The Hall–Kier alpha value is -4.12. The van der Waals surface area contributed by atoms with Crippen LogP contribution in [-0.2, 0) is 5.60 Å². The van der Waals surface area contributed by atoms with E-state index in [0.29, 0.717) is 22.1 Å². The van der Waals surface area contributed by atoms with Crippen LogP contribution in [0.25, 0.3) is 0 Å². The molecule has 0 fully saturated rings. The number of aliphatic hydroxyl groups is 1. The number of aryl methyl sites for hydroxylation is 1. The Morgan fingerprint density at radius 3 is 2.31 bits per heavy atom. The fourth-order valence-electron chi connectivity index (χ4n) is 3.94. The SMILES string of the molecule is Cc1ccnc(Nc2ncc(Sc3ccnc(C(=O)NCC(O)(c4ccccc4)c4ccccc4)c3F)s2)c1. The van der Waals surface area contributed by atoms with Crippen LogP contribution in [0.1, 0.15) is 27.2 Å². The molecule has 5 rings (SSSR count). The van der Waals surface area contributed by atoms with Gasteiger partial charge in [0, 0.05) is 12.4 Å². The standard InChI is InChI=1S/C29H24FN5O2S2/c1-19-12-14-31-23(16-19)35-28-33-17-24(39-28)38-22-13-15-32-26(25(22)30)27(36)34-18-29(37,20-8-4-2-5-9-20)21-10-6-3-7-11-21/h2-17,37H,18H2,1H3,(H,34,36)(H,31,33,35). The lowest BCUT2D eigenvalue weighted by Crippen LogP contribution is -2.42. The molecule has 0 aliphatic carbocycles. The number of halogens is 1. The molecule has 5 aromatic rings. The van der Waals surface area contributed by atoms with E-state index in [-0.39, 0.29) is 17.1 Å². The van der Waals surface area contributed by atoms with Gasteiger partial charge in [0.25, 0.3) is 5.91 Å². The first-order valence-corrected chi connectivity index (χ1v) is 13.7. The molecule has 0 spiro atoms. The maximum atomic E-state index is 15.4. The molecule has 0 bridgehead atoms. The van der Waals surface area contributed by atoms with Crippen molar-refractivity contribution in [1.29, 1.82) is 0 Å². The first-order chi connectivity index (χ1) is 18.9. The predicted octanol–water partition coefficient (Wildman–Crippen LogP) is 5.94. The van der Waals surface area contributed by atoms with Crippen molar-refractivity contribution < 1.29 is 14.3 Å². The molecule has 0 atom stereocenters. The molecule has 0 saturated carbocycles. The first-order valence-electron chi connectivity index (χ1n) is 12.0. The predicted molar refractivity (Wildman–Crippen MR) is 151 cm³/mol. The molecule has 1 amide bonds. The Morgan fingerprint density at radius 2 is 1.64 bits per heavy atom. The van der Waals surface area contributed by atoms with Crippen molar-refractivity contribution in [2.24, 2.45) is 0 Å². The smallest absolute Gasteiger partial charge is 0.273 e. The minimum atomic E-state index is -1.51. The van der Waals surface area contributed by atoms with Gasteiger partial charge in [-0.3, -0.25) is 4.79 Å². The molecule has 3 heterocycles. The van der Waals surface area contributed by atoms with Crippen molar-refractivity contribution in [2.45, 2.75) is 21.6 Å². The van der Waals surface area contributed by atoms with Crippen LogP contribution >= 0.6 is 23.1 Å². The van der Waals surface area contributed by atoms with E-state index in [1.54, 1.807) is 36.7 Å². The van der Waals surface area contributed by atoms with Gasteiger partial charge in [-0.25, -0.2) is 19.3 Å². The zero-order valence-corrected chi connectivity index (χ0v) is 22.5. The number of amides is 1. The highest BCUT2D eigenvalue weighted by molar-refractivity contribution is 8.01. The molecule has 0 radical (unpaired) electrons. The average Bonchev–Trinajstić information content (AvgIpc) is 3.40. The number of carbonyl (C=O) groups excluding carboxylic acids is 1. The van der Waals surface area contributed by atoms with Crippen LogP contribution in [0.15, 0.2) is 107 Å². The van der Waals surface area contributed by atoms with Crippen molar-refractivity contribution in [1.82, 2.24) is 20.3 Å². The third-order valence-electron chi connectivity index (χ3n) is 5.92. The largest absolute Gasteiger partial charge is 0.379 e. The van der Waals surface area contributed by atoms with E-state index in [1.165, 1.54) is 23.6 Å². The van der Waals surface area contributed by atoms with E-state index in [9.17, 15) is 9.90 Å². The number of nitrogens with zero attached hydrogens (tertiary/aromatic N) is 3. The van der Waals surface area contributed by atoms with E-state index in [1.807, 2.05) is 55.5 Å². The van der Waals surface area contributed by atoms with Gasteiger partial charge in [0.05, 0.1) is 21.8 Å². The highest BCUT2D eigenvalue weighted by atomic mass is 32.2. The monoisotopic (exact) mass is 557 g/mol. The Bertz CT molecular complexity index is 1540. The Kier molecular flexibility index (Phi) is 7.97. The molecule has 196 valence electrons. The minimum absolute atomic E-state index is 0.171. The fourth-order valence-corrected chi connectivity index (χ4v) is 5.81. The number of aromatic nitrogens is 3. The third kappa shape index (κ3) is 6.14. The second-order valence-electron chi connectivity index (χ2n) is 8.68. The number of rotatable bonds is 9. The average molecular weight is 558 g/mol. The van der Waals surface area contributed by atoms with Crippen LogP contribution in [-0.4, -0.2) is 32.5 Å². The summed E-state index contributed by atoms with van der Waals surface area (Å²) in [7, 11) is 0. The van der Waals surface area contributed by atoms with Gasteiger partial charge < -0.3 is 15.7 Å². The van der Waals surface area contributed by atoms with E-state index in [4.69, 9.17) is 0 Å². The summed E-state index contributed by atoms with van der Waals surface area (Å²) < 4.78 is 16.2. The second kappa shape index (κ2) is 11.7. The van der Waals surface area contributed by atoms with Crippen molar-refractivity contribution in [3.8, 4) is 0 Å². The summed E-state index contributed by atoms with van der Waals surface area (Å²) >= 11 is 2.49. The van der Waals surface area contributed by atoms with E-state index >= 15 is 4.39 Å². The molecule has 0 aliphatic heterocycles. The highest BCUT2D eigenvalue weighted by Crippen LogP contribution is 2.36. The number of pyridine rings is 2. The van der Waals surface area contributed by atoms with Crippen LogP contribution in [0.3, 0.4) is 0 Å². The van der Waals surface area contributed by atoms with Gasteiger partial charge in [-0.05, 0) is 41.8 Å². The summed E-state index contributed by atoms with van der Waals surface area (Å²) in [6.45, 7) is 1.80. The number of nitrogens with one attached hydrogen (secondary N) is 2. The van der Waals surface area contributed by atoms with Gasteiger partial charge in [0.1, 0.15) is 11.4 Å². The van der Waals surface area contributed by atoms with E-state index in [0.717, 1.165) is 21.5 Å². The molecule has 3 aromatic heterocycles. The molecule has 3 N–H and O–H groups in total. The van der Waals surface area contributed by atoms with Crippen LogP contribution in [0.4, 0.5) is 15.3 Å². The Morgan fingerprint density at radius 1 is 0.974 bits per heavy atom. The van der Waals surface area contributed by atoms with Gasteiger partial charge >= 0.3 is 0 Å². The lowest BCUT2D eigenvalue weighted by Gasteiger charge is -2.29. The van der Waals surface area contributed by atoms with Gasteiger partial charge in [-0.15, -0.1) is 0 Å². The topological polar surface area (TPSA) is 100 Å². The quantitative estimate of drug-likeness (QED) is 0.206. The maximum absolute atomic E-state index is 15.4. The Balaban J connectivity index is 1.31. The van der Waals surface area contributed by atoms with Crippen LogP contribution in [0.2, 0.25) is 0 Å². The number of benzene rings is 2. The Labute approximate surface area is 233 Å². The second-order valence-corrected chi connectivity index (χ2v) is 11.0. The fraction of sp³-hybridized carbons (Fsp3) is 0.103. The molecule has 0 saturated heterocycles. The molecule has 0 unspecified atom stereocenters. The molecule has 10 heteroatoms. The number of hydrogen-bond donors (Lipinski definition) is 3. The number of thiazole rings is 1. The number of hydrogen-bond acceptors (Lipinski definition) is 8. The molecule has 39 heavy (non-hydrogen) atoms. The van der Waals surface area contributed by atoms with Gasteiger partial charge in [-0.1, -0.05) is 83.8 Å². The summed E-state index contributed by atoms with van der Waals surface area (Å²) in [4.78, 5) is 25.9. The third-order valence-corrected chi connectivity index (χ3v) is 7.97. The number of anilines is 2. The lowest BCUT2D eigenvalue weighted by atomic mass is 9.86. The van der Waals surface area contributed by atoms with Crippen LogP contribution < -0.4 is 10.6 Å². The maximum Gasteiger partial charge on any atom is 0.273 e. The highest BCUT2D eigenvalue weighted by Gasteiger charge is 2.32. The van der Waals surface area contributed by atoms with E-state index in [2.05, 4.69) is 25.6 Å². The van der Waals surface area contributed by atoms with Crippen molar-refractivity contribution in [2.75, 3.05) is 11.9 Å². The normalized spacial score (nSPS) is 11.3. The van der Waals surface area contributed by atoms with Crippen molar-refractivity contribution in [3.63, 3.8) is 0 Å².